The topological polar surface area (TPSA) is 61.5 Å². The molecule has 0 heterocycles. The molecule has 0 radical (unpaired) electrons. The Bertz CT molecular complexity index is 391. The molecule has 1 aromatic rings. The Hall–Kier alpha value is -1.55. The number of unbranched alkanes of at least 4 members (excludes halogenated alkanes) is 2. The van der Waals surface area contributed by atoms with Gasteiger partial charge in [0.05, 0.1) is 19.3 Å². The Morgan fingerprint density at radius 1 is 1.33 bits per heavy atom. The van der Waals surface area contributed by atoms with Crippen molar-refractivity contribution in [2.24, 2.45) is 5.73 Å². The van der Waals surface area contributed by atoms with E-state index in [9.17, 15) is 4.79 Å². The van der Waals surface area contributed by atoms with Gasteiger partial charge in [-0.05, 0) is 24.6 Å². The van der Waals surface area contributed by atoms with Crippen molar-refractivity contribution in [3.8, 4) is 5.75 Å². The van der Waals surface area contributed by atoms with E-state index in [1.165, 1.54) is 7.11 Å². The maximum atomic E-state index is 11.4. The van der Waals surface area contributed by atoms with Crippen LogP contribution < -0.4 is 10.5 Å². The summed E-state index contributed by atoms with van der Waals surface area (Å²) in [6.07, 6.45) is 3.34. The quantitative estimate of drug-likeness (QED) is 0.597. The third kappa shape index (κ3) is 4.04. The van der Waals surface area contributed by atoms with Gasteiger partial charge in [-0.15, -0.1) is 0 Å². The molecule has 0 fully saturated rings. The average Bonchev–Trinajstić information content (AvgIpc) is 2.42. The van der Waals surface area contributed by atoms with Crippen LogP contribution in [0.3, 0.4) is 0 Å². The first-order chi connectivity index (χ1) is 8.72. The fraction of sp³-hybridized carbons (Fsp3) is 0.500. The molecule has 100 valence electrons. The van der Waals surface area contributed by atoms with Gasteiger partial charge in [0.1, 0.15) is 5.75 Å². The van der Waals surface area contributed by atoms with Crippen molar-refractivity contribution in [1.82, 2.24) is 0 Å². The number of hydrogen-bond acceptors (Lipinski definition) is 4. The van der Waals surface area contributed by atoms with Crippen molar-refractivity contribution >= 4 is 5.97 Å². The number of ether oxygens (including phenoxy) is 2. The number of esters is 1. The molecule has 1 rings (SSSR count). The van der Waals surface area contributed by atoms with Crippen molar-refractivity contribution in [2.45, 2.75) is 32.7 Å². The van der Waals surface area contributed by atoms with Gasteiger partial charge < -0.3 is 15.2 Å². The molecule has 0 spiro atoms. The molecule has 18 heavy (non-hydrogen) atoms. The van der Waals surface area contributed by atoms with Gasteiger partial charge in [0.2, 0.25) is 0 Å². The van der Waals surface area contributed by atoms with Crippen molar-refractivity contribution < 1.29 is 14.3 Å². The maximum absolute atomic E-state index is 11.4. The van der Waals surface area contributed by atoms with E-state index in [4.69, 9.17) is 10.5 Å². The Balaban J connectivity index is 2.71. The minimum atomic E-state index is -0.359. The minimum absolute atomic E-state index is 0.341. The summed E-state index contributed by atoms with van der Waals surface area (Å²) in [5.74, 6) is 0.392. The van der Waals surface area contributed by atoms with Crippen LogP contribution in [-0.4, -0.2) is 19.7 Å². The Morgan fingerprint density at radius 2 is 2.11 bits per heavy atom. The average molecular weight is 251 g/mol. The zero-order chi connectivity index (χ0) is 13.4. The van der Waals surface area contributed by atoms with Crippen LogP contribution in [0.2, 0.25) is 0 Å². The highest BCUT2D eigenvalue weighted by molar-refractivity contribution is 5.89. The number of benzene rings is 1. The highest BCUT2D eigenvalue weighted by Crippen LogP contribution is 2.20. The first kappa shape index (κ1) is 14.5. The lowest BCUT2D eigenvalue weighted by Crippen LogP contribution is -2.07. The maximum Gasteiger partial charge on any atom is 0.337 e. The van der Waals surface area contributed by atoms with Gasteiger partial charge in [-0.2, -0.15) is 0 Å². The second kappa shape index (κ2) is 7.71. The molecule has 0 aliphatic heterocycles. The molecule has 0 atom stereocenters. The molecule has 1 aromatic carbocycles. The smallest absolute Gasteiger partial charge is 0.337 e. The Morgan fingerprint density at radius 3 is 2.72 bits per heavy atom. The molecular formula is C14H21NO3. The normalized spacial score (nSPS) is 10.2. The molecule has 0 unspecified atom stereocenters. The van der Waals surface area contributed by atoms with Gasteiger partial charge in [-0.1, -0.05) is 19.8 Å². The van der Waals surface area contributed by atoms with E-state index in [2.05, 4.69) is 11.7 Å². The van der Waals surface area contributed by atoms with Gasteiger partial charge in [0.15, 0.2) is 0 Å². The van der Waals surface area contributed by atoms with Crippen molar-refractivity contribution in [3.05, 3.63) is 29.3 Å². The van der Waals surface area contributed by atoms with Gasteiger partial charge >= 0.3 is 5.97 Å². The lowest BCUT2D eigenvalue weighted by Gasteiger charge is -2.11. The SMILES string of the molecule is CCCCCOc1ccc(C(=O)OC)cc1CN. The predicted molar refractivity (Wildman–Crippen MR) is 70.7 cm³/mol. The first-order valence-corrected chi connectivity index (χ1v) is 6.27. The zero-order valence-electron chi connectivity index (χ0n) is 11.1. The summed E-state index contributed by atoms with van der Waals surface area (Å²) in [6.45, 7) is 3.17. The number of carbonyl (C=O) groups is 1. The summed E-state index contributed by atoms with van der Waals surface area (Å²) in [5, 5.41) is 0. The van der Waals surface area contributed by atoms with Crippen LogP contribution in [0.15, 0.2) is 18.2 Å². The molecule has 2 N–H and O–H groups in total. The third-order valence-corrected chi connectivity index (χ3v) is 2.71. The summed E-state index contributed by atoms with van der Waals surface area (Å²) in [5.41, 5.74) is 6.99. The summed E-state index contributed by atoms with van der Waals surface area (Å²) in [7, 11) is 1.36. The van der Waals surface area contributed by atoms with E-state index >= 15 is 0 Å². The molecular weight excluding hydrogens is 230 g/mol. The van der Waals surface area contributed by atoms with E-state index in [0.29, 0.717) is 18.7 Å². The summed E-state index contributed by atoms with van der Waals surface area (Å²) in [6, 6.07) is 5.20. The number of nitrogens with two attached hydrogens (primary N) is 1. The van der Waals surface area contributed by atoms with E-state index in [-0.39, 0.29) is 5.97 Å². The van der Waals surface area contributed by atoms with Crippen LogP contribution in [-0.2, 0) is 11.3 Å². The summed E-state index contributed by atoms with van der Waals surface area (Å²) < 4.78 is 10.3. The fourth-order valence-electron chi connectivity index (χ4n) is 1.66. The van der Waals surface area contributed by atoms with E-state index in [0.717, 1.165) is 30.6 Å². The van der Waals surface area contributed by atoms with Gasteiger partial charge in [0, 0.05) is 12.1 Å². The second-order valence-corrected chi connectivity index (χ2v) is 4.07. The van der Waals surface area contributed by atoms with Crippen molar-refractivity contribution in [1.29, 1.82) is 0 Å². The molecule has 0 aromatic heterocycles. The monoisotopic (exact) mass is 251 g/mol. The molecule has 0 saturated carbocycles. The molecule has 0 amide bonds. The Kier molecular flexibility index (Phi) is 6.22. The van der Waals surface area contributed by atoms with Crippen LogP contribution in [0, 0.1) is 0 Å². The van der Waals surface area contributed by atoms with Crippen molar-refractivity contribution in [3.63, 3.8) is 0 Å². The van der Waals surface area contributed by atoms with Gasteiger partial charge in [0.25, 0.3) is 0 Å². The van der Waals surface area contributed by atoms with Crippen LogP contribution in [0.25, 0.3) is 0 Å². The van der Waals surface area contributed by atoms with Gasteiger partial charge in [-0.25, -0.2) is 4.79 Å². The number of carbonyl (C=O) groups excluding carboxylic acids is 1. The molecule has 4 nitrogen and oxygen atoms in total. The van der Waals surface area contributed by atoms with Crippen LogP contribution in [0.1, 0.15) is 42.1 Å². The highest BCUT2D eigenvalue weighted by Gasteiger charge is 2.09. The standard InChI is InChI=1S/C14H21NO3/c1-3-4-5-8-18-13-7-6-11(14(16)17-2)9-12(13)10-15/h6-7,9H,3-5,8,10,15H2,1-2H3. The number of hydrogen-bond donors (Lipinski definition) is 1. The molecule has 4 heteroatoms. The fourth-order valence-corrected chi connectivity index (χ4v) is 1.66. The highest BCUT2D eigenvalue weighted by atomic mass is 16.5. The zero-order valence-corrected chi connectivity index (χ0v) is 11.1. The van der Waals surface area contributed by atoms with Gasteiger partial charge in [-0.3, -0.25) is 0 Å². The third-order valence-electron chi connectivity index (χ3n) is 2.71. The largest absolute Gasteiger partial charge is 0.493 e. The lowest BCUT2D eigenvalue weighted by molar-refractivity contribution is 0.0600. The number of rotatable bonds is 7. The second-order valence-electron chi connectivity index (χ2n) is 4.07. The van der Waals surface area contributed by atoms with Crippen LogP contribution in [0.5, 0.6) is 5.75 Å². The summed E-state index contributed by atoms with van der Waals surface area (Å²) >= 11 is 0. The van der Waals surface area contributed by atoms with E-state index in [1.807, 2.05) is 0 Å². The van der Waals surface area contributed by atoms with E-state index in [1.54, 1.807) is 18.2 Å². The minimum Gasteiger partial charge on any atom is -0.493 e. The van der Waals surface area contributed by atoms with E-state index < -0.39 is 0 Å². The molecule has 0 aliphatic carbocycles. The summed E-state index contributed by atoms with van der Waals surface area (Å²) in [4.78, 5) is 11.4. The van der Waals surface area contributed by atoms with Crippen LogP contribution >= 0.6 is 0 Å². The predicted octanol–water partition coefficient (Wildman–Crippen LogP) is 2.50. The molecule has 0 aliphatic rings. The first-order valence-electron chi connectivity index (χ1n) is 6.27. The molecule has 0 bridgehead atoms. The lowest BCUT2D eigenvalue weighted by atomic mass is 10.1. The molecule has 0 saturated heterocycles. The number of methoxy groups -OCH3 is 1. The Labute approximate surface area is 108 Å². The van der Waals surface area contributed by atoms with Crippen molar-refractivity contribution in [2.75, 3.05) is 13.7 Å². The van der Waals surface area contributed by atoms with Crippen LogP contribution in [0.4, 0.5) is 0 Å².